The molecule has 1 amide bonds. The maximum absolute atomic E-state index is 14.4. The molecule has 5 nitrogen and oxygen atoms in total. The summed E-state index contributed by atoms with van der Waals surface area (Å²) in [6.07, 6.45) is -4.71. The molecule has 31 heavy (non-hydrogen) atoms. The number of rotatable bonds is 4. The van der Waals surface area contributed by atoms with E-state index in [0.29, 0.717) is 16.8 Å². The lowest BCUT2D eigenvalue weighted by Crippen LogP contribution is -2.46. The second-order valence-corrected chi connectivity index (χ2v) is 6.78. The van der Waals surface area contributed by atoms with Crippen LogP contribution in [0.15, 0.2) is 35.3 Å². The van der Waals surface area contributed by atoms with E-state index in [1.54, 1.807) is 5.32 Å². The van der Waals surface area contributed by atoms with Gasteiger partial charge in [0.2, 0.25) is 5.43 Å². The minimum absolute atomic E-state index is 0.500. The molecule has 2 heterocycles. The fourth-order valence-corrected chi connectivity index (χ4v) is 3.04. The molecule has 2 aromatic heterocycles. The molecule has 3 aromatic rings. The summed E-state index contributed by atoms with van der Waals surface area (Å²) >= 11 is 5.63. The van der Waals surface area contributed by atoms with Gasteiger partial charge in [-0.2, -0.15) is 13.2 Å². The molecule has 0 aliphatic rings. The first kappa shape index (κ1) is 22.6. The number of carbonyl (C=O) groups is 1. The highest BCUT2D eigenvalue weighted by molar-refractivity contribution is 6.29. The Balaban J connectivity index is 2.32. The van der Waals surface area contributed by atoms with E-state index in [2.05, 4.69) is 4.98 Å². The van der Waals surface area contributed by atoms with Crippen LogP contribution in [-0.2, 0) is 0 Å². The number of fused-ring (bicyclic) bond motifs is 1. The Morgan fingerprint density at radius 1 is 1.19 bits per heavy atom. The summed E-state index contributed by atoms with van der Waals surface area (Å²) in [5.41, 5.74) is -3.39. The van der Waals surface area contributed by atoms with Gasteiger partial charge in [-0.1, -0.05) is 24.6 Å². The number of nitrogens with zero attached hydrogens (tertiary/aromatic N) is 2. The number of amides is 1. The van der Waals surface area contributed by atoms with Crippen LogP contribution in [0.3, 0.4) is 0 Å². The van der Waals surface area contributed by atoms with Crippen LogP contribution < -0.4 is 10.7 Å². The monoisotopic (exact) mass is 463 g/mol. The number of aromatic nitrogens is 2. The summed E-state index contributed by atoms with van der Waals surface area (Å²) in [5, 5.41) is 0.319. The molecular formula is C19H12ClF6N3O2. The van der Waals surface area contributed by atoms with Gasteiger partial charge in [-0.3, -0.25) is 14.2 Å². The van der Waals surface area contributed by atoms with E-state index in [9.17, 15) is 35.9 Å². The van der Waals surface area contributed by atoms with Crippen LogP contribution >= 0.6 is 11.6 Å². The number of pyridine rings is 2. The average Bonchev–Trinajstić information content (AvgIpc) is 2.68. The SMILES string of the molecule is CCC(NC(=O)c1cn(-c2c(F)cccc2F)c2nc(Cl)c(F)cc2c1=O)C(F)(F)F. The number of benzene rings is 1. The number of nitrogens with one attached hydrogen (secondary N) is 1. The molecule has 0 saturated carbocycles. The number of hydrogen-bond donors (Lipinski definition) is 1. The topological polar surface area (TPSA) is 64.0 Å². The minimum atomic E-state index is -4.81. The first-order chi connectivity index (χ1) is 14.5. The molecule has 0 saturated heterocycles. The highest BCUT2D eigenvalue weighted by Crippen LogP contribution is 2.25. The molecule has 0 fully saturated rings. The van der Waals surface area contributed by atoms with Gasteiger partial charge in [-0.15, -0.1) is 0 Å². The van der Waals surface area contributed by atoms with E-state index in [1.165, 1.54) is 0 Å². The molecule has 164 valence electrons. The van der Waals surface area contributed by atoms with E-state index >= 15 is 0 Å². The number of para-hydroxylation sites is 1. The lowest BCUT2D eigenvalue weighted by molar-refractivity contribution is -0.153. The predicted molar refractivity (Wildman–Crippen MR) is 99.8 cm³/mol. The molecule has 0 bridgehead atoms. The second-order valence-electron chi connectivity index (χ2n) is 6.42. The third kappa shape index (κ3) is 4.22. The van der Waals surface area contributed by atoms with Crippen molar-refractivity contribution in [1.82, 2.24) is 14.9 Å². The molecule has 3 rings (SSSR count). The van der Waals surface area contributed by atoms with Gasteiger partial charge in [0.05, 0.1) is 5.39 Å². The van der Waals surface area contributed by atoms with Gasteiger partial charge >= 0.3 is 6.18 Å². The number of halogens is 7. The van der Waals surface area contributed by atoms with Crippen LogP contribution in [0.1, 0.15) is 23.7 Å². The van der Waals surface area contributed by atoms with Crippen molar-refractivity contribution in [3.63, 3.8) is 0 Å². The maximum atomic E-state index is 14.4. The van der Waals surface area contributed by atoms with Crippen molar-refractivity contribution in [2.45, 2.75) is 25.6 Å². The zero-order chi connectivity index (χ0) is 23.1. The summed E-state index contributed by atoms with van der Waals surface area (Å²) in [6, 6.07) is 1.07. The van der Waals surface area contributed by atoms with Crippen molar-refractivity contribution >= 4 is 28.5 Å². The Morgan fingerprint density at radius 2 is 1.81 bits per heavy atom. The molecule has 12 heteroatoms. The van der Waals surface area contributed by atoms with Crippen LogP contribution in [-0.4, -0.2) is 27.7 Å². The van der Waals surface area contributed by atoms with Crippen molar-refractivity contribution in [2.75, 3.05) is 0 Å². The van der Waals surface area contributed by atoms with Crippen LogP contribution in [0.2, 0.25) is 5.15 Å². The molecule has 1 unspecified atom stereocenters. The van der Waals surface area contributed by atoms with E-state index in [-0.39, 0.29) is 0 Å². The van der Waals surface area contributed by atoms with Crippen LogP contribution in [0.4, 0.5) is 26.3 Å². The van der Waals surface area contributed by atoms with Gasteiger partial charge in [0.25, 0.3) is 5.91 Å². The Labute approximate surface area is 175 Å². The maximum Gasteiger partial charge on any atom is 0.408 e. The zero-order valence-corrected chi connectivity index (χ0v) is 16.3. The molecule has 1 aromatic carbocycles. The first-order valence-corrected chi connectivity index (χ1v) is 9.06. The highest BCUT2D eigenvalue weighted by atomic mass is 35.5. The molecule has 0 radical (unpaired) electrons. The van der Waals surface area contributed by atoms with E-state index in [1.807, 2.05) is 0 Å². The molecular weight excluding hydrogens is 452 g/mol. The molecule has 0 aliphatic heterocycles. The largest absolute Gasteiger partial charge is 0.408 e. The summed E-state index contributed by atoms with van der Waals surface area (Å²) in [6.45, 7) is 1.16. The quantitative estimate of drug-likeness (QED) is 0.457. The van der Waals surface area contributed by atoms with Crippen LogP contribution in [0, 0.1) is 17.5 Å². The van der Waals surface area contributed by atoms with Gasteiger partial charge in [-0.25, -0.2) is 18.2 Å². The zero-order valence-electron chi connectivity index (χ0n) is 15.5. The van der Waals surface area contributed by atoms with Crippen molar-refractivity contribution in [3.8, 4) is 5.69 Å². The molecule has 1 atom stereocenters. The fourth-order valence-electron chi connectivity index (χ4n) is 2.90. The second kappa shape index (κ2) is 8.22. The number of alkyl halides is 3. The predicted octanol–water partition coefficient (Wildman–Crippen LogP) is 4.53. The van der Waals surface area contributed by atoms with Gasteiger partial charge in [0.1, 0.15) is 28.9 Å². The van der Waals surface area contributed by atoms with Crippen LogP contribution in [0.5, 0.6) is 0 Å². The Hall–Kier alpha value is -3.08. The van der Waals surface area contributed by atoms with Gasteiger partial charge in [0, 0.05) is 6.20 Å². The van der Waals surface area contributed by atoms with E-state index in [4.69, 9.17) is 11.6 Å². The Morgan fingerprint density at radius 3 is 2.35 bits per heavy atom. The standard InChI is InChI=1S/C19H12ClF6N3O2/c1-2-13(19(24,25)26)27-18(31)9-7-29(14-10(21)4-3-5-11(14)22)17-8(15(9)30)6-12(23)16(20)28-17/h3-7,13H,2H2,1H3,(H,27,31). The summed E-state index contributed by atoms with van der Waals surface area (Å²) in [5.74, 6) is -4.91. The van der Waals surface area contributed by atoms with E-state index in [0.717, 1.165) is 25.1 Å². The normalized spacial score (nSPS) is 12.8. The van der Waals surface area contributed by atoms with Crippen LogP contribution in [0.25, 0.3) is 16.7 Å². The lowest BCUT2D eigenvalue weighted by Gasteiger charge is -2.20. The van der Waals surface area contributed by atoms with Crippen molar-refractivity contribution in [3.05, 3.63) is 68.9 Å². The fraction of sp³-hybridized carbons (Fsp3) is 0.211. The minimum Gasteiger partial charge on any atom is -0.340 e. The van der Waals surface area contributed by atoms with E-state index < -0.39 is 74.9 Å². The third-order valence-electron chi connectivity index (χ3n) is 4.42. The summed E-state index contributed by atoms with van der Waals surface area (Å²) in [7, 11) is 0. The van der Waals surface area contributed by atoms with Crippen molar-refractivity contribution in [1.29, 1.82) is 0 Å². The van der Waals surface area contributed by atoms with Gasteiger partial charge < -0.3 is 5.32 Å². The molecule has 1 N–H and O–H groups in total. The Bertz CT molecular complexity index is 1220. The smallest absolute Gasteiger partial charge is 0.340 e. The third-order valence-corrected chi connectivity index (χ3v) is 4.69. The Kier molecular flexibility index (Phi) is 5.99. The van der Waals surface area contributed by atoms with Gasteiger partial charge in [0.15, 0.2) is 16.6 Å². The summed E-state index contributed by atoms with van der Waals surface area (Å²) < 4.78 is 82.4. The first-order valence-electron chi connectivity index (χ1n) is 8.69. The van der Waals surface area contributed by atoms with Crippen molar-refractivity contribution in [2.24, 2.45) is 0 Å². The van der Waals surface area contributed by atoms with Crippen molar-refractivity contribution < 1.29 is 31.1 Å². The lowest BCUT2D eigenvalue weighted by atomic mass is 10.1. The average molecular weight is 464 g/mol. The molecule has 0 aliphatic carbocycles. The molecule has 0 spiro atoms. The summed E-state index contributed by atoms with van der Waals surface area (Å²) in [4.78, 5) is 28.8. The number of hydrogen-bond acceptors (Lipinski definition) is 3. The highest BCUT2D eigenvalue weighted by Gasteiger charge is 2.39. The van der Waals surface area contributed by atoms with Gasteiger partial charge in [-0.05, 0) is 24.6 Å². The number of carbonyl (C=O) groups excluding carboxylic acids is 1.